The largest absolute Gasteiger partial charge is 0.491 e. The molecule has 1 saturated heterocycles. The van der Waals surface area contributed by atoms with E-state index in [1.807, 2.05) is 0 Å². The zero-order chi connectivity index (χ0) is 16.2. The maximum absolute atomic E-state index is 12.2. The fourth-order valence-electron chi connectivity index (χ4n) is 2.74. The first-order chi connectivity index (χ1) is 11.1. The van der Waals surface area contributed by atoms with Crippen molar-refractivity contribution in [3.63, 3.8) is 0 Å². The third-order valence-electron chi connectivity index (χ3n) is 3.97. The minimum atomic E-state index is -0.267. The SMILES string of the molecule is O=C(NCCN1CCCC1=O)c1ccc2c(c1)C(=O)NCCO2. The van der Waals surface area contributed by atoms with Crippen LogP contribution < -0.4 is 15.4 Å². The average Bonchev–Trinajstić information content (AvgIpc) is 2.86. The Morgan fingerprint density at radius 3 is 3.00 bits per heavy atom. The van der Waals surface area contributed by atoms with Gasteiger partial charge in [0.1, 0.15) is 12.4 Å². The maximum Gasteiger partial charge on any atom is 0.255 e. The van der Waals surface area contributed by atoms with Gasteiger partial charge >= 0.3 is 0 Å². The molecule has 0 bridgehead atoms. The van der Waals surface area contributed by atoms with Crippen molar-refractivity contribution in [1.29, 1.82) is 0 Å². The number of benzene rings is 1. The first-order valence-electron chi connectivity index (χ1n) is 7.76. The molecule has 2 aliphatic rings. The van der Waals surface area contributed by atoms with Gasteiger partial charge in [0.2, 0.25) is 5.91 Å². The molecule has 1 fully saturated rings. The molecule has 2 N–H and O–H groups in total. The van der Waals surface area contributed by atoms with Crippen molar-refractivity contribution in [2.45, 2.75) is 12.8 Å². The topological polar surface area (TPSA) is 87.7 Å². The van der Waals surface area contributed by atoms with E-state index in [2.05, 4.69) is 10.6 Å². The molecule has 2 heterocycles. The smallest absolute Gasteiger partial charge is 0.255 e. The summed E-state index contributed by atoms with van der Waals surface area (Å²) in [6.07, 6.45) is 1.47. The fourth-order valence-corrected chi connectivity index (χ4v) is 2.74. The number of fused-ring (bicyclic) bond motifs is 1. The minimum absolute atomic E-state index is 0.137. The standard InChI is InChI=1S/C16H19N3O4/c20-14-2-1-7-19(14)8-5-17-15(21)11-3-4-13-12(10-11)16(22)18-6-9-23-13/h3-4,10H,1-2,5-9H2,(H,17,21)(H,18,22). The first kappa shape index (κ1) is 15.3. The van der Waals surface area contributed by atoms with Crippen LogP contribution in [0, 0.1) is 0 Å². The van der Waals surface area contributed by atoms with Crippen molar-refractivity contribution in [1.82, 2.24) is 15.5 Å². The molecule has 0 aromatic heterocycles. The van der Waals surface area contributed by atoms with Gasteiger partial charge in [-0.15, -0.1) is 0 Å². The molecule has 3 amide bonds. The Morgan fingerprint density at radius 2 is 2.22 bits per heavy atom. The van der Waals surface area contributed by atoms with Crippen LogP contribution in [0.3, 0.4) is 0 Å². The molecule has 1 aromatic rings. The number of carbonyl (C=O) groups excluding carboxylic acids is 3. The third kappa shape index (κ3) is 3.44. The molecule has 2 aliphatic heterocycles. The van der Waals surface area contributed by atoms with Crippen molar-refractivity contribution in [3.8, 4) is 5.75 Å². The van der Waals surface area contributed by atoms with Gasteiger partial charge in [-0.2, -0.15) is 0 Å². The lowest BCUT2D eigenvalue weighted by Gasteiger charge is -2.15. The number of hydrogen-bond donors (Lipinski definition) is 2. The number of hydrogen-bond acceptors (Lipinski definition) is 4. The lowest BCUT2D eigenvalue weighted by atomic mass is 10.1. The average molecular weight is 317 g/mol. The number of amides is 3. The molecule has 7 heteroatoms. The summed E-state index contributed by atoms with van der Waals surface area (Å²) in [7, 11) is 0. The minimum Gasteiger partial charge on any atom is -0.491 e. The summed E-state index contributed by atoms with van der Waals surface area (Å²) >= 11 is 0. The highest BCUT2D eigenvalue weighted by Gasteiger charge is 2.21. The van der Waals surface area contributed by atoms with Crippen LogP contribution in [-0.2, 0) is 4.79 Å². The second-order valence-electron chi connectivity index (χ2n) is 5.56. The van der Waals surface area contributed by atoms with Crippen LogP contribution in [0.2, 0.25) is 0 Å². The van der Waals surface area contributed by atoms with Crippen LogP contribution in [0.15, 0.2) is 18.2 Å². The van der Waals surface area contributed by atoms with Crippen LogP contribution in [-0.4, -0.2) is 55.4 Å². The van der Waals surface area contributed by atoms with E-state index in [4.69, 9.17) is 4.74 Å². The number of nitrogens with zero attached hydrogens (tertiary/aromatic N) is 1. The van der Waals surface area contributed by atoms with Crippen molar-refractivity contribution in [3.05, 3.63) is 29.3 Å². The van der Waals surface area contributed by atoms with Crippen molar-refractivity contribution in [2.24, 2.45) is 0 Å². The summed E-state index contributed by atoms with van der Waals surface area (Å²) in [6.45, 7) is 2.52. The van der Waals surface area contributed by atoms with E-state index in [-0.39, 0.29) is 17.7 Å². The third-order valence-corrected chi connectivity index (χ3v) is 3.97. The van der Waals surface area contributed by atoms with Crippen molar-refractivity contribution in [2.75, 3.05) is 32.8 Å². The predicted molar refractivity (Wildman–Crippen MR) is 82.4 cm³/mol. The number of rotatable bonds is 4. The molecule has 1 aromatic carbocycles. The molecule has 0 aliphatic carbocycles. The Balaban J connectivity index is 1.61. The molecule has 3 rings (SSSR count). The number of nitrogens with one attached hydrogen (secondary N) is 2. The van der Waals surface area contributed by atoms with E-state index >= 15 is 0 Å². The molecular weight excluding hydrogens is 298 g/mol. The van der Waals surface area contributed by atoms with Crippen LogP contribution in [0.4, 0.5) is 0 Å². The molecule has 122 valence electrons. The molecule has 0 saturated carbocycles. The second-order valence-corrected chi connectivity index (χ2v) is 5.56. The lowest BCUT2D eigenvalue weighted by Crippen LogP contribution is -2.35. The highest BCUT2D eigenvalue weighted by atomic mass is 16.5. The Kier molecular flexibility index (Phi) is 4.45. The molecule has 0 radical (unpaired) electrons. The molecule has 0 spiro atoms. The van der Waals surface area contributed by atoms with Gasteiger partial charge in [0.25, 0.3) is 11.8 Å². The highest BCUT2D eigenvalue weighted by Crippen LogP contribution is 2.21. The molecule has 23 heavy (non-hydrogen) atoms. The summed E-state index contributed by atoms with van der Waals surface area (Å²) in [5, 5.41) is 5.49. The predicted octanol–water partition coefficient (Wildman–Crippen LogP) is 0.161. The van der Waals surface area contributed by atoms with Gasteiger partial charge in [0.05, 0.1) is 12.1 Å². The number of likely N-dealkylation sites (tertiary alicyclic amines) is 1. The normalized spacial score (nSPS) is 17.1. The van der Waals surface area contributed by atoms with Gasteiger partial charge in [-0.3, -0.25) is 14.4 Å². The maximum atomic E-state index is 12.2. The van der Waals surface area contributed by atoms with Crippen LogP contribution in [0.25, 0.3) is 0 Å². The second kappa shape index (κ2) is 6.68. The van der Waals surface area contributed by atoms with Gasteiger partial charge in [-0.25, -0.2) is 0 Å². The van der Waals surface area contributed by atoms with Gasteiger partial charge in [0.15, 0.2) is 0 Å². The summed E-state index contributed by atoms with van der Waals surface area (Å²) in [6, 6.07) is 4.80. The Morgan fingerprint density at radius 1 is 1.35 bits per heavy atom. The quantitative estimate of drug-likeness (QED) is 0.828. The lowest BCUT2D eigenvalue weighted by molar-refractivity contribution is -0.127. The van der Waals surface area contributed by atoms with Crippen molar-refractivity contribution >= 4 is 17.7 Å². The summed E-state index contributed by atoms with van der Waals surface area (Å²) in [5.41, 5.74) is 0.766. The monoisotopic (exact) mass is 317 g/mol. The highest BCUT2D eigenvalue weighted by molar-refractivity contribution is 6.01. The molecule has 0 unspecified atom stereocenters. The van der Waals surface area contributed by atoms with E-state index in [9.17, 15) is 14.4 Å². The molecule has 0 atom stereocenters. The fraction of sp³-hybridized carbons (Fsp3) is 0.438. The summed E-state index contributed by atoms with van der Waals surface area (Å²) in [4.78, 5) is 37.4. The van der Waals surface area contributed by atoms with Crippen LogP contribution in [0.5, 0.6) is 5.75 Å². The van der Waals surface area contributed by atoms with Crippen molar-refractivity contribution < 1.29 is 19.1 Å². The Labute approximate surface area is 134 Å². The number of ether oxygens (including phenoxy) is 1. The summed E-state index contributed by atoms with van der Waals surface area (Å²) in [5.74, 6) is 0.114. The van der Waals surface area contributed by atoms with Gasteiger partial charge in [-0.05, 0) is 24.6 Å². The van der Waals surface area contributed by atoms with E-state index in [1.165, 1.54) is 6.07 Å². The van der Waals surface area contributed by atoms with Gasteiger partial charge < -0.3 is 20.3 Å². The van der Waals surface area contributed by atoms with Gasteiger partial charge in [-0.1, -0.05) is 0 Å². The summed E-state index contributed by atoms with van der Waals surface area (Å²) < 4.78 is 5.45. The zero-order valence-corrected chi connectivity index (χ0v) is 12.8. The first-order valence-corrected chi connectivity index (χ1v) is 7.76. The van der Waals surface area contributed by atoms with Gasteiger partial charge in [0, 0.05) is 31.6 Å². The van der Waals surface area contributed by atoms with E-state index < -0.39 is 0 Å². The van der Waals surface area contributed by atoms with E-state index in [0.717, 1.165) is 13.0 Å². The Bertz CT molecular complexity index is 644. The molecule has 7 nitrogen and oxygen atoms in total. The van der Waals surface area contributed by atoms with E-state index in [1.54, 1.807) is 17.0 Å². The molecular formula is C16H19N3O4. The van der Waals surface area contributed by atoms with Crippen LogP contribution in [0.1, 0.15) is 33.6 Å². The van der Waals surface area contributed by atoms with E-state index in [0.29, 0.717) is 49.5 Å². The zero-order valence-electron chi connectivity index (χ0n) is 12.8. The van der Waals surface area contributed by atoms with Crippen LogP contribution >= 0.6 is 0 Å². The number of carbonyl (C=O) groups is 3. The Hall–Kier alpha value is -2.57.